The van der Waals surface area contributed by atoms with Crippen molar-refractivity contribution in [3.8, 4) is 6.07 Å². The van der Waals surface area contributed by atoms with E-state index in [4.69, 9.17) is 5.73 Å². The molecule has 0 bridgehead atoms. The summed E-state index contributed by atoms with van der Waals surface area (Å²) < 4.78 is 37.6. The van der Waals surface area contributed by atoms with Gasteiger partial charge in [0, 0.05) is 17.7 Å². The molecule has 7 nitrogen and oxygen atoms in total. The lowest BCUT2D eigenvalue weighted by Gasteiger charge is -2.37. The Bertz CT molecular complexity index is 795. The zero-order chi connectivity index (χ0) is 17.5. The van der Waals surface area contributed by atoms with Crippen LogP contribution in [0.3, 0.4) is 0 Å². The molecule has 1 fully saturated rings. The Hall–Kier alpha value is -2.05. The first-order valence-corrected chi connectivity index (χ1v) is 8.57. The number of rotatable bonds is 5. The molecule has 1 atom stereocenters. The van der Waals surface area contributed by atoms with Crippen LogP contribution in [0.15, 0.2) is 18.2 Å². The van der Waals surface area contributed by atoms with Gasteiger partial charge >= 0.3 is 0 Å². The molecular formula is C14H16FN3O4S. The van der Waals surface area contributed by atoms with Crippen molar-refractivity contribution >= 4 is 15.5 Å². The molecule has 1 aliphatic carbocycles. The van der Waals surface area contributed by atoms with Gasteiger partial charge in [0.1, 0.15) is 5.82 Å². The second-order valence-corrected chi connectivity index (χ2v) is 8.36. The van der Waals surface area contributed by atoms with Crippen LogP contribution < -0.4 is 5.73 Å². The number of sulfone groups is 1. The van der Waals surface area contributed by atoms with E-state index in [0.29, 0.717) is 6.42 Å². The Morgan fingerprint density at radius 2 is 2.13 bits per heavy atom. The first-order valence-electron chi connectivity index (χ1n) is 6.91. The smallest absolute Gasteiger partial charge is 0.269 e. The van der Waals surface area contributed by atoms with Crippen LogP contribution in [0, 0.1) is 27.3 Å². The molecule has 0 amide bonds. The molecule has 0 radical (unpaired) electrons. The van der Waals surface area contributed by atoms with Gasteiger partial charge in [-0.05, 0) is 32.3 Å². The first-order chi connectivity index (χ1) is 10.5. The van der Waals surface area contributed by atoms with Gasteiger partial charge in [0.2, 0.25) is 0 Å². The number of nitrogens with two attached hydrogens (primary N) is 1. The van der Waals surface area contributed by atoms with Gasteiger partial charge in [-0.25, -0.2) is 12.8 Å². The largest absolute Gasteiger partial charge is 0.321 e. The molecule has 0 aliphatic heterocycles. The van der Waals surface area contributed by atoms with Crippen molar-refractivity contribution in [2.45, 2.75) is 36.5 Å². The summed E-state index contributed by atoms with van der Waals surface area (Å²) in [5, 5.41) is 20.0. The third kappa shape index (κ3) is 2.92. The van der Waals surface area contributed by atoms with Crippen molar-refractivity contribution in [2.24, 2.45) is 5.73 Å². The highest BCUT2D eigenvalue weighted by Crippen LogP contribution is 2.41. The number of nitriles is 1. The molecule has 0 saturated heterocycles. The lowest BCUT2D eigenvalue weighted by Crippen LogP contribution is -2.51. The first kappa shape index (κ1) is 17.3. The van der Waals surface area contributed by atoms with Gasteiger partial charge in [0.05, 0.1) is 22.3 Å². The highest BCUT2D eigenvalue weighted by molar-refractivity contribution is 7.93. The van der Waals surface area contributed by atoms with Crippen LogP contribution in [0.25, 0.3) is 0 Å². The molecule has 0 spiro atoms. The van der Waals surface area contributed by atoms with Gasteiger partial charge in [-0.3, -0.25) is 10.1 Å². The van der Waals surface area contributed by atoms with E-state index in [-0.39, 0.29) is 24.1 Å². The minimum Gasteiger partial charge on any atom is -0.321 e. The minimum absolute atomic E-state index is 0.222. The maximum atomic E-state index is 14.0. The summed E-state index contributed by atoms with van der Waals surface area (Å²) in [6.45, 7) is 1.29. The second kappa shape index (κ2) is 5.54. The Morgan fingerprint density at radius 3 is 2.57 bits per heavy atom. The summed E-state index contributed by atoms with van der Waals surface area (Å²) in [6, 6.07) is 4.62. The lowest BCUT2D eigenvalue weighted by atomic mass is 9.86. The maximum absolute atomic E-state index is 14.0. The Morgan fingerprint density at radius 1 is 1.52 bits per heavy atom. The summed E-state index contributed by atoms with van der Waals surface area (Å²) in [5.41, 5.74) is 3.65. The molecule has 1 saturated carbocycles. The van der Waals surface area contributed by atoms with Crippen LogP contribution in [-0.2, 0) is 15.4 Å². The minimum atomic E-state index is -3.91. The van der Waals surface area contributed by atoms with Crippen LogP contribution in [0.5, 0.6) is 0 Å². The van der Waals surface area contributed by atoms with Crippen molar-refractivity contribution in [2.75, 3.05) is 5.75 Å². The second-order valence-electron chi connectivity index (χ2n) is 6.06. The van der Waals surface area contributed by atoms with Gasteiger partial charge in [0.15, 0.2) is 14.6 Å². The van der Waals surface area contributed by atoms with Crippen LogP contribution in [0.2, 0.25) is 0 Å². The molecule has 0 unspecified atom stereocenters. The number of halogens is 1. The van der Waals surface area contributed by atoms with Gasteiger partial charge in [-0.2, -0.15) is 5.26 Å². The fraction of sp³-hybridized carbons (Fsp3) is 0.500. The van der Waals surface area contributed by atoms with Gasteiger partial charge in [-0.15, -0.1) is 0 Å². The summed E-state index contributed by atoms with van der Waals surface area (Å²) in [6.07, 6.45) is 1.07. The van der Waals surface area contributed by atoms with Gasteiger partial charge in [0.25, 0.3) is 5.69 Å². The topological polar surface area (TPSA) is 127 Å². The van der Waals surface area contributed by atoms with E-state index in [1.54, 1.807) is 0 Å². The molecule has 0 aromatic heterocycles. The summed E-state index contributed by atoms with van der Waals surface area (Å²) in [4.78, 5) is 10.1. The van der Waals surface area contributed by atoms with Crippen molar-refractivity contribution < 1.29 is 17.7 Å². The molecule has 9 heteroatoms. The van der Waals surface area contributed by atoms with Crippen molar-refractivity contribution in [1.29, 1.82) is 5.26 Å². The molecule has 1 aromatic rings. The number of nitro benzene ring substituents is 1. The molecule has 124 valence electrons. The van der Waals surface area contributed by atoms with E-state index in [1.807, 2.05) is 6.07 Å². The molecule has 1 aliphatic rings. The third-order valence-electron chi connectivity index (χ3n) is 4.23. The van der Waals surface area contributed by atoms with Crippen molar-refractivity contribution in [3.05, 3.63) is 39.7 Å². The monoisotopic (exact) mass is 341 g/mol. The number of hydrogen-bond donors (Lipinski definition) is 1. The fourth-order valence-corrected chi connectivity index (χ4v) is 4.94. The van der Waals surface area contributed by atoms with E-state index in [9.17, 15) is 28.2 Å². The van der Waals surface area contributed by atoms with E-state index in [0.717, 1.165) is 18.2 Å². The van der Waals surface area contributed by atoms with E-state index < -0.39 is 36.6 Å². The normalized spacial score (nSPS) is 19.2. The Kier molecular flexibility index (Phi) is 4.17. The lowest BCUT2D eigenvalue weighted by molar-refractivity contribution is -0.385. The number of non-ortho nitro benzene ring substituents is 1. The summed E-state index contributed by atoms with van der Waals surface area (Å²) in [7, 11) is -3.91. The number of hydrogen-bond acceptors (Lipinski definition) is 6. The predicted molar refractivity (Wildman–Crippen MR) is 80.6 cm³/mol. The molecule has 23 heavy (non-hydrogen) atoms. The Balaban J connectivity index is 2.42. The average molecular weight is 341 g/mol. The zero-order valence-corrected chi connectivity index (χ0v) is 13.3. The quantitative estimate of drug-likeness (QED) is 0.642. The highest BCUT2D eigenvalue weighted by Gasteiger charge is 2.51. The van der Waals surface area contributed by atoms with Crippen LogP contribution in [0.1, 0.15) is 31.7 Å². The van der Waals surface area contributed by atoms with Crippen molar-refractivity contribution in [3.63, 3.8) is 0 Å². The third-order valence-corrected chi connectivity index (χ3v) is 6.90. The molecule has 2 rings (SSSR count). The molecule has 2 N–H and O–H groups in total. The molecule has 0 heterocycles. The SMILES string of the molecule is C[C@](N)(CS(=O)(=O)C1(C#N)CCC1)c1cc([N+](=O)[O-])ccc1F. The number of nitrogens with zero attached hydrogens (tertiary/aromatic N) is 2. The van der Waals surface area contributed by atoms with Crippen LogP contribution in [0.4, 0.5) is 10.1 Å². The zero-order valence-electron chi connectivity index (χ0n) is 12.5. The highest BCUT2D eigenvalue weighted by atomic mass is 32.2. The standard InChI is InChI=1S/C14H16FN3O4S/c1-13(17,9-23(21,22)14(8-16)5-2-6-14)11-7-10(18(19)20)3-4-12(11)15/h3-4,7H,2,5-6,9,17H2,1H3/t13-/m0/s1. The van der Waals surface area contributed by atoms with Gasteiger partial charge < -0.3 is 5.73 Å². The van der Waals surface area contributed by atoms with Crippen LogP contribution >= 0.6 is 0 Å². The number of benzene rings is 1. The molecule has 1 aromatic carbocycles. The van der Waals surface area contributed by atoms with Crippen molar-refractivity contribution in [1.82, 2.24) is 0 Å². The van der Waals surface area contributed by atoms with E-state index in [1.165, 1.54) is 6.92 Å². The van der Waals surface area contributed by atoms with E-state index in [2.05, 4.69) is 0 Å². The fourth-order valence-electron chi connectivity index (χ4n) is 2.67. The van der Waals surface area contributed by atoms with Crippen LogP contribution in [-0.4, -0.2) is 23.8 Å². The summed E-state index contributed by atoms with van der Waals surface area (Å²) in [5.74, 6) is -1.48. The predicted octanol–water partition coefficient (Wildman–Crippen LogP) is 1.77. The maximum Gasteiger partial charge on any atom is 0.269 e. The molecular weight excluding hydrogens is 325 g/mol. The average Bonchev–Trinajstić information content (AvgIpc) is 2.36. The Labute approximate surface area is 133 Å². The van der Waals surface area contributed by atoms with E-state index >= 15 is 0 Å². The number of nitro groups is 1. The summed E-state index contributed by atoms with van der Waals surface area (Å²) >= 11 is 0. The van der Waals surface area contributed by atoms with Gasteiger partial charge in [-0.1, -0.05) is 0 Å².